The van der Waals surface area contributed by atoms with Crippen LogP contribution < -0.4 is 5.32 Å². The van der Waals surface area contributed by atoms with E-state index >= 15 is 0 Å². The van der Waals surface area contributed by atoms with Gasteiger partial charge in [-0.2, -0.15) is 5.10 Å². The first-order chi connectivity index (χ1) is 12.9. The summed E-state index contributed by atoms with van der Waals surface area (Å²) in [4.78, 5) is 12.7. The second-order valence-corrected chi connectivity index (χ2v) is 9.97. The highest BCUT2D eigenvalue weighted by atomic mass is 32.2. The molecule has 1 aliphatic carbocycles. The van der Waals surface area contributed by atoms with Crippen molar-refractivity contribution in [1.29, 1.82) is 0 Å². The van der Waals surface area contributed by atoms with E-state index in [1.54, 1.807) is 10.7 Å². The van der Waals surface area contributed by atoms with Crippen LogP contribution in [0.1, 0.15) is 54.2 Å². The molecule has 0 bridgehead atoms. The van der Waals surface area contributed by atoms with Gasteiger partial charge in [0, 0.05) is 6.04 Å². The van der Waals surface area contributed by atoms with E-state index < -0.39 is 9.84 Å². The van der Waals surface area contributed by atoms with E-state index in [-0.39, 0.29) is 29.5 Å². The van der Waals surface area contributed by atoms with E-state index in [0.29, 0.717) is 12.1 Å². The average molecular weight is 388 g/mol. The molecule has 2 fully saturated rings. The highest BCUT2D eigenvalue weighted by molar-refractivity contribution is 7.91. The minimum absolute atomic E-state index is 0.0806. The summed E-state index contributed by atoms with van der Waals surface area (Å²) in [7, 11) is -3.04. The van der Waals surface area contributed by atoms with Crippen molar-refractivity contribution in [1.82, 2.24) is 15.1 Å². The smallest absolute Gasteiger partial charge is 0.272 e. The first kappa shape index (κ1) is 18.2. The van der Waals surface area contributed by atoms with Crippen LogP contribution in [0.4, 0.5) is 0 Å². The first-order valence-electron chi connectivity index (χ1n) is 9.59. The fourth-order valence-electron chi connectivity index (χ4n) is 4.02. The van der Waals surface area contributed by atoms with Crippen LogP contribution in [0.25, 0.3) is 11.3 Å². The van der Waals surface area contributed by atoms with Crippen molar-refractivity contribution < 1.29 is 13.2 Å². The number of sulfone groups is 1. The maximum Gasteiger partial charge on any atom is 0.272 e. The van der Waals surface area contributed by atoms with E-state index in [1.807, 2.05) is 31.2 Å². The van der Waals surface area contributed by atoms with Crippen LogP contribution in [0.5, 0.6) is 0 Å². The van der Waals surface area contributed by atoms with Gasteiger partial charge >= 0.3 is 0 Å². The molecule has 2 aliphatic rings. The number of hydrogen-bond donors (Lipinski definition) is 1. The second kappa shape index (κ2) is 7.11. The number of nitrogens with zero attached hydrogens (tertiary/aromatic N) is 2. The molecule has 2 aromatic rings. The molecule has 1 amide bonds. The Bertz CT molecular complexity index is 941. The highest BCUT2D eigenvalue weighted by Crippen LogP contribution is 2.30. The average Bonchev–Trinajstić information content (AvgIpc) is 3.35. The molecule has 7 heteroatoms. The second-order valence-electron chi connectivity index (χ2n) is 7.74. The topological polar surface area (TPSA) is 81.1 Å². The summed E-state index contributed by atoms with van der Waals surface area (Å²) in [5, 5.41) is 7.61. The Hall–Kier alpha value is -2.15. The lowest BCUT2D eigenvalue weighted by Crippen LogP contribution is -2.33. The predicted molar refractivity (Wildman–Crippen MR) is 104 cm³/mol. The molecule has 1 N–H and O–H groups in total. The Kier molecular flexibility index (Phi) is 4.80. The Labute approximate surface area is 159 Å². The molecular formula is C20H25N3O3S. The van der Waals surface area contributed by atoms with Crippen molar-refractivity contribution in [3.05, 3.63) is 41.6 Å². The molecule has 0 radical (unpaired) electrons. The lowest BCUT2D eigenvalue weighted by molar-refractivity contribution is 0.0931. The van der Waals surface area contributed by atoms with E-state index in [0.717, 1.165) is 42.5 Å². The molecule has 1 atom stereocenters. The van der Waals surface area contributed by atoms with Crippen molar-refractivity contribution in [3.63, 3.8) is 0 Å². The van der Waals surface area contributed by atoms with Crippen LogP contribution in [0.3, 0.4) is 0 Å². The summed E-state index contributed by atoms with van der Waals surface area (Å²) < 4.78 is 25.7. The molecule has 144 valence electrons. The number of carbonyl (C=O) groups is 1. The molecule has 6 nitrogen and oxygen atoms in total. The number of aromatic nitrogens is 2. The SMILES string of the molecule is Cc1ccc(-c2cc(C(=O)NC3CCCC3)nn2[C@H]2CCS(=O)(=O)C2)cc1. The number of amides is 1. The molecule has 1 aromatic carbocycles. The maximum atomic E-state index is 12.7. The van der Waals surface area contributed by atoms with Gasteiger partial charge in [0.1, 0.15) is 0 Å². The van der Waals surface area contributed by atoms with Gasteiger partial charge in [-0.05, 0) is 37.8 Å². The lowest BCUT2D eigenvalue weighted by Gasteiger charge is -2.13. The van der Waals surface area contributed by atoms with Crippen molar-refractivity contribution in [2.45, 2.75) is 51.1 Å². The molecule has 1 aromatic heterocycles. The number of hydrogen-bond acceptors (Lipinski definition) is 4. The molecule has 0 unspecified atom stereocenters. The fraction of sp³-hybridized carbons (Fsp3) is 0.500. The number of rotatable bonds is 4. The summed E-state index contributed by atoms with van der Waals surface area (Å²) in [6.45, 7) is 2.02. The lowest BCUT2D eigenvalue weighted by atomic mass is 10.1. The minimum atomic E-state index is -3.04. The molecule has 0 spiro atoms. The third kappa shape index (κ3) is 3.93. The standard InChI is InChI=1S/C20H25N3O3S/c1-14-6-8-15(9-7-14)19-12-18(20(24)21-16-4-2-3-5-16)22-23(19)17-10-11-27(25,26)13-17/h6-9,12,16-17H,2-5,10-11,13H2,1H3,(H,21,24)/t17-/m0/s1. The van der Waals surface area contributed by atoms with Gasteiger partial charge in [-0.3, -0.25) is 9.48 Å². The van der Waals surface area contributed by atoms with Gasteiger partial charge in [-0.1, -0.05) is 42.7 Å². The molecule has 4 rings (SSSR count). The van der Waals surface area contributed by atoms with Gasteiger partial charge in [0.15, 0.2) is 15.5 Å². The predicted octanol–water partition coefficient (Wildman–Crippen LogP) is 2.89. The van der Waals surface area contributed by atoms with Crippen LogP contribution in [-0.4, -0.2) is 41.7 Å². The van der Waals surface area contributed by atoms with E-state index in [2.05, 4.69) is 10.4 Å². The Morgan fingerprint density at radius 3 is 2.48 bits per heavy atom. The summed E-state index contributed by atoms with van der Waals surface area (Å²) in [5.74, 6) is 0.0842. The van der Waals surface area contributed by atoms with Crippen LogP contribution in [-0.2, 0) is 9.84 Å². The number of nitrogens with one attached hydrogen (secondary N) is 1. The normalized spacial score (nSPS) is 22.2. The molecule has 1 aliphatic heterocycles. The zero-order chi connectivity index (χ0) is 19.0. The van der Waals surface area contributed by atoms with Crippen LogP contribution >= 0.6 is 0 Å². The molecule has 2 heterocycles. The summed E-state index contributed by atoms with van der Waals surface area (Å²) in [6, 6.07) is 9.79. The van der Waals surface area contributed by atoms with Gasteiger partial charge in [-0.25, -0.2) is 8.42 Å². The van der Waals surface area contributed by atoms with Crippen molar-refractivity contribution in [2.24, 2.45) is 0 Å². The van der Waals surface area contributed by atoms with Crippen molar-refractivity contribution in [2.75, 3.05) is 11.5 Å². The quantitative estimate of drug-likeness (QED) is 0.875. The summed E-state index contributed by atoms with van der Waals surface area (Å²) in [5.41, 5.74) is 3.25. The van der Waals surface area contributed by atoms with Gasteiger partial charge in [-0.15, -0.1) is 0 Å². The first-order valence-corrected chi connectivity index (χ1v) is 11.4. The van der Waals surface area contributed by atoms with Gasteiger partial charge in [0.25, 0.3) is 5.91 Å². The van der Waals surface area contributed by atoms with Crippen molar-refractivity contribution in [3.8, 4) is 11.3 Å². The maximum absolute atomic E-state index is 12.7. The Morgan fingerprint density at radius 2 is 1.85 bits per heavy atom. The fourth-order valence-corrected chi connectivity index (χ4v) is 5.71. The Morgan fingerprint density at radius 1 is 1.15 bits per heavy atom. The molecule has 1 saturated carbocycles. The van der Waals surface area contributed by atoms with Gasteiger partial charge in [0.2, 0.25) is 0 Å². The molecule has 1 saturated heterocycles. The summed E-state index contributed by atoms with van der Waals surface area (Å²) in [6.07, 6.45) is 4.85. The minimum Gasteiger partial charge on any atom is -0.348 e. The van der Waals surface area contributed by atoms with E-state index in [1.165, 1.54) is 0 Å². The van der Waals surface area contributed by atoms with E-state index in [9.17, 15) is 13.2 Å². The molecule has 27 heavy (non-hydrogen) atoms. The van der Waals surface area contributed by atoms with Gasteiger partial charge < -0.3 is 5.32 Å². The number of benzene rings is 1. The van der Waals surface area contributed by atoms with Crippen LogP contribution in [0.15, 0.2) is 30.3 Å². The third-order valence-corrected chi connectivity index (χ3v) is 7.31. The van der Waals surface area contributed by atoms with Crippen LogP contribution in [0, 0.1) is 6.92 Å². The number of carbonyl (C=O) groups excluding carboxylic acids is 1. The third-order valence-electron chi connectivity index (χ3n) is 5.56. The molecular weight excluding hydrogens is 362 g/mol. The zero-order valence-electron chi connectivity index (χ0n) is 15.5. The van der Waals surface area contributed by atoms with Gasteiger partial charge in [0.05, 0.1) is 23.2 Å². The highest BCUT2D eigenvalue weighted by Gasteiger charge is 2.32. The van der Waals surface area contributed by atoms with E-state index in [4.69, 9.17) is 0 Å². The summed E-state index contributed by atoms with van der Waals surface area (Å²) >= 11 is 0. The largest absolute Gasteiger partial charge is 0.348 e. The number of aryl methyl sites for hydroxylation is 1. The van der Waals surface area contributed by atoms with Crippen LogP contribution in [0.2, 0.25) is 0 Å². The van der Waals surface area contributed by atoms with Crippen molar-refractivity contribution >= 4 is 15.7 Å². The Balaban J connectivity index is 1.68. The monoisotopic (exact) mass is 387 g/mol. The zero-order valence-corrected chi connectivity index (χ0v) is 16.3.